The van der Waals surface area contributed by atoms with E-state index in [1.165, 1.54) is 0 Å². The fraction of sp³-hybridized carbons (Fsp3) is 0.600. The zero-order valence-corrected chi connectivity index (χ0v) is 14.3. The standard InChI is InChI=1S/C15H21N3O9/c19-10(20)4-16-13(25)7-1-8(14(26)17-5-11(21)22)3-9(2-7)15(27)18-6-12(23)24/h7-9H,1-6H2,(H,16,25)(H,17,26)(H,18,27)(H,19,20)(H,21,22)(H,23,24). The number of hydrogen-bond donors (Lipinski definition) is 6. The lowest BCUT2D eigenvalue weighted by Crippen LogP contribution is -2.46. The average Bonchev–Trinajstić information content (AvgIpc) is 2.61. The highest BCUT2D eigenvalue weighted by molar-refractivity contribution is 5.89. The van der Waals surface area contributed by atoms with E-state index in [1.807, 2.05) is 0 Å². The van der Waals surface area contributed by atoms with Crippen molar-refractivity contribution in [3.8, 4) is 0 Å². The van der Waals surface area contributed by atoms with Gasteiger partial charge in [0, 0.05) is 17.8 Å². The first-order valence-corrected chi connectivity index (χ1v) is 8.08. The molecule has 1 aliphatic carbocycles. The van der Waals surface area contributed by atoms with Crippen LogP contribution in [0.2, 0.25) is 0 Å². The van der Waals surface area contributed by atoms with Crippen molar-refractivity contribution in [3.05, 3.63) is 0 Å². The van der Waals surface area contributed by atoms with Gasteiger partial charge in [0.25, 0.3) is 0 Å². The molecule has 0 spiro atoms. The van der Waals surface area contributed by atoms with Crippen molar-refractivity contribution in [1.29, 1.82) is 0 Å². The van der Waals surface area contributed by atoms with Gasteiger partial charge in [0.05, 0.1) is 0 Å². The molecular weight excluding hydrogens is 366 g/mol. The van der Waals surface area contributed by atoms with Gasteiger partial charge in [-0.25, -0.2) is 0 Å². The predicted molar refractivity (Wildman–Crippen MR) is 86.3 cm³/mol. The van der Waals surface area contributed by atoms with Crippen LogP contribution in [-0.2, 0) is 28.8 Å². The molecule has 0 atom stereocenters. The van der Waals surface area contributed by atoms with Gasteiger partial charge in [-0.15, -0.1) is 0 Å². The summed E-state index contributed by atoms with van der Waals surface area (Å²) < 4.78 is 0. The summed E-state index contributed by atoms with van der Waals surface area (Å²) in [5.41, 5.74) is 0. The van der Waals surface area contributed by atoms with Gasteiger partial charge >= 0.3 is 17.9 Å². The molecule has 0 aromatic carbocycles. The van der Waals surface area contributed by atoms with E-state index in [0.717, 1.165) is 0 Å². The zero-order chi connectivity index (χ0) is 20.6. The average molecular weight is 387 g/mol. The lowest BCUT2D eigenvalue weighted by Gasteiger charge is -2.32. The molecule has 0 radical (unpaired) electrons. The minimum atomic E-state index is -1.26. The Kier molecular flexibility index (Phi) is 8.17. The zero-order valence-electron chi connectivity index (χ0n) is 14.3. The molecule has 1 rings (SSSR count). The number of hydrogen-bond acceptors (Lipinski definition) is 6. The molecule has 0 unspecified atom stereocenters. The first-order valence-electron chi connectivity index (χ1n) is 8.08. The van der Waals surface area contributed by atoms with Crippen LogP contribution < -0.4 is 16.0 Å². The second kappa shape index (κ2) is 10.1. The second-order valence-corrected chi connectivity index (χ2v) is 6.13. The van der Waals surface area contributed by atoms with Crippen LogP contribution in [0.15, 0.2) is 0 Å². The molecule has 27 heavy (non-hydrogen) atoms. The molecule has 3 amide bonds. The van der Waals surface area contributed by atoms with E-state index in [0.29, 0.717) is 0 Å². The summed E-state index contributed by atoms with van der Waals surface area (Å²) in [5.74, 6) is -8.27. The summed E-state index contributed by atoms with van der Waals surface area (Å²) >= 11 is 0. The van der Waals surface area contributed by atoms with Gasteiger partial charge < -0.3 is 31.3 Å². The number of carboxylic acid groups (broad SMARTS) is 3. The Morgan fingerprint density at radius 3 is 0.963 bits per heavy atom. The highest BCUT2D eigenvalue weighted by Gasteiger charge is 2.39. The van der Waals surface area contributed by atoms with Crippen molar-refractivity contribution in [2.75, 3.05) is 19.6 Å². The maximum absolute atomic E-state index is 12.1. The second-order valence-electron chi connectivity index (χ2n) is 6.13. The van der Waals surface area contributed by atoms with Gasteiger partial charge in [0.1, 0.15) is 19.6 Å². The fourth-order valence-electron chi connectivity index (χ4n) is 2.88. The summed E-state index contributed by atoms with van der Waals surface area (Å²) in [4.78, 5) is 68.2. The monoisotopic (exact) mass is 387 g/mol. The van der Waals surface area contributed by atoms with Crippen molar-refractivity contribution in [1.82, 2.24) is 16.0 Å². The van der Waals surface area contributed by atoms with Crippen molar-refractivity contribution < 1.29 is 44.1 Å². The number of carbonyl (C=O) groups is 6. The van der Waals surface area contributed by atoms with Gasteiger partial charge in [-0.3, -0.25) is 28.8 Å². The molecule has 0 bridgehead atoms. The van der Waals surface area contributed by atoms with Crippen LogP contribution in [0.5, 0.6) is 0 Å². The Balaban J connectivity index is 2.84. The van der Waals surface area contributed by atoms with Crippen molar-refractivity contribution in [3.63, 3.8) is 0 Å². The number of rotatable bonds is 9. The quantitative estimate of drug-likeness (QED) is 0.250. The summed E-state index contributed by atoms with van der Waals surface area (Å²) in [6.45, 7) is -1.87. The molecule has 150 valence electrons. The smallest absolute Gasteiger partial charge is 0.322 e. The molecular formula is C15H21N3O9. The van der Waals surface area contributed by atoms with Crippen LogP contribution >= 0.6 is 0 Å². The third-order valence-electron chi connectivity index (χ3n) is 4.06. The lowest BCUT2D eigenvalue weighted by molar-refractivity contribution is -0.142. The van der Waals surface area contributed by atoms with Crippen molar-refractivity contribution in [2.45, 2.75) is 19.3 Å². The predicted octanol–water partition coefficient (Wildman–Crippen LogP) is -2.38. The topological polar surface area (TPSA) is 199 Å². The van der Waals surface area contributed by atoms with Crippen LogP contribution in [0.4, 0.5) is 0 Å². The molecule has 1 saturated carbocycles. The highest BCUT2D eigenvalue weighted by atomic mass is 16.4. The number of nitrogens with one attached hydrogen (secondary N) is 3. The molecule has 1 fully saturated rings. The molecule has 0 aromatic heterocycles. The van der Waals surface area contributed by atoms with Crippen LogP contribution in [0, 0.1) is 17.8 Å². The van der Waals surface area contributed by atoms with E-state index < -0.39 is 73.0 Å². The van der Waals surface area contributed by atoms with E-state index in [-0.39, 0.29) is 19.3 Å². The Hall–Kier alpha value is -3.18. The highest BCUT2D eigenvalue weighted by Crippen LogP contribution is 2.34. The van der Waals surface area contributed by atoms with Crippen LogP contribution in [0.25, 0.3) is 0 Å². The van der Waals surface area contributed by atoms with E-state index in [2.05, 4.69) is 16.0 Å². The number of amides is 3. The van der Waals surface area contributed by atoms with Gasteiger partial charge in [-0.05, 0) is 19.3 Å². The molecule has 0 aromatic rings. The van der Waals surface area contributed by atoms with E-state index >= 15 is 0 Å². The minimum Gasteiger partial charge on any atom is -0.480 e. The molecule has 1 aliphatic rings. The maximum Gasteiger partial charge on any atom is 0.322 e. The molecule has 12 heteroatoms. The number of aliphatic carboxylic acids is 3. The van der Waals surface area contributed by atoms with Crippen LogP contribution in [0.3, 0.4) is 0 Å². The Morgan fingerprint density at radius 1 is 0.556 bits per heavy atom. The van der Waals surface area contributed by atoms with Gasteiger partial charge in [-0.1, -0.05) is 0 Å². The Labute approximate surface area is 153 Å². The van der Waals surface area contributed by atoms with Crippen molar-refractivity contribution in [2.24, 2.45) is 17.8 Å². The Morgan fingerprint density at radius 2 is 0.778 bits per heavy atom. The molecule has 6 N–H and O–H groups in total. The first-order chi connectivity index (χ1) is 12.6. The van der Waals surface area contributed by atoms with Gasteiger partial charge in [0.2, 0.25) is 17.7 Å². The van der Waals surface area contributed by atoms with Crippen molar-refractivity contribution >= 4 is 35.6 Å². The minimum absolute atomic E-state index is 0.0135. The molecule has 12 nitrogen and oxygen atoms in total. The number of carboxylic acids is 3. The maximum atomic E-state index is 12.1. The summed E-state index contributed by atoms with van der Waals surface area (Å²) in [7, 11) is 0. The molecule has 0 saturated heterocycles. The van der Waals surface area contributed by atoms with E-state index in [1.54, 1.807) is 0 Å². The van der Waals surface area contributed by atoms with Crippen LogP contribution in [-0.4, -0.2) is 70.6 Å². The summed E-state index contributed by atoms with van der Waals surface area (Å²) in [6.07, 6.45) is 0.0405. The van der Waals surface area contributed by atoms with Gasteiger partial charge in [-0.2, -0.15) is 0 Å². The third kappa shape index (κ3) is 7.71. The van der Waals surface area contributed by atoms with Crippen LogP contribution in [0.1, 0.15) is 19.3 Å². The molecule has 0 heterocycles. The normalized spacial score (nSPS) is 21.6. The number of carbonyl (C=O) groups excluding carboxylic acids is 3. The van der Waals surface area contributed by atoms with E-state index in [4.69, 9.17) is 15.3 Å². The fourth-order valence-corrected chi connectivity index (χ4v) is 2.88. The SMILES string of the molecule is O=C(O)CNC(=O)C1CC(C(=O)NCC(=O)O)CC(C(=O)NCC(=O)O)C1. The first kappa shape index (κ1) is 21.9. The summed E-state index contributed by atoms with van der Waals surface area (Å²) in [5, 5.41) is 32.4. The summed E-state index contributed by atoms with van der Waals surface area (Å²) in [6, 6.07) is 0. The lowest BCUT2D eigenvalue weighted by atomic mass is 9.74. The third-order valence-corrected chi connectivity index (χ3v) is 4.06. The van der Waals surface area contributed by atoms with E-state index in [9.17, 15) is 28.8 Å². The largest absolute Gasteiger partial charge is 0.480 e. The Bertz CT molecular complexity index is 542. The van der Waals surface area contributed by atoms with Gasteiger partial charge in [0.15, 0.2) is 0 Å². The molecule has 0 aliphatic heterocycles.